The molecule has 0 bridgehead atoms. The van der Waals surface area contributed by atoms with Crippen LogP contribution in [-0.4, -0.2) is 74.1 Å². The van der Waals surface area contributed by atoms with E-state index in [0.29, 0.717) is 23.9 Å². The fourth-order valence-electron chi connectivity index (χ4n) is 5.80. The van der Waals surface area contributed by atoms with Crippen LogP contribution in [0.2, 0.25) is 0 Å². The largest absolute Gasteiger partial charge is 0.465 e. The second-order valence-corrected chi connectivity index (χ2v) is 12.4. The highest BCUT2D eigenvalue weighted by Gasteiger charge is 2.37. The average Bonchev–Trinajstić information content (AvgIpc) is 3.51. The van der Waals surface area contributed by atoms with E-state index in [0.717, 1.165) is 23.5 Å². The molecule has 0 radical (unpaired) electrons. The molecule has 0 saturated carbocycles. The van der Waals surface area contributed by atoms with Crippen molar-refractivity contribution in [2.45, 2.75) is 45.4 Å². The van der Waals surface area contributed by atoms with Crippen molar-refractivity contribution in [1.82, 2.24) is 19.6 Å². The average molecular weight is 609 g/mol. The molecule has 1 saturated heterocycles. The topological polar surface area (TPSA) is 141 Å². The standard InChI is InChI=1S/C29H26F2N6O5S/c1-29(2,3)42-27(39)34-25-17(11-32)22-15(4-5-19(30)24(22)43-25)21-18-12-33-37-7-6-14-13-35(28(40)41)8-9-36(14)26(38)16(23(18)37)10-20(21)31/h4-5,10,12,14H,6-9,13H2,1-3H3,(H,34,39)(H,40,41). The molecule has 0 spiro atoms. The van der Waals surface area contributed by atoms with Crippen LogP contribution in [-0.2, 0) is 11.3 Å². The number of nitrogens with zero attached hydrogens (tertiary/aromatic N) is 5. The first-order chi connectivity index (χ1) is 20.4. The summed E-state index contributed by atoms with van der Waals surface area (Å²) >= 11 is 0.835. The SMILES string of the molecule is CC(C)(C)OC(=O)Nc1sc2c(F)ccc(-c3c(F)cc4c5c3cnn5CCC3CN(C(=O)O)CCN3C4=O)c2c1C#N. The smallest absolute Gasteiger partial charge is 0.412 e. The van der Waals surface area contributed by atoms with Crippen LogP contribution in [0.3, 0.4) is 0 Å². The molecular formula is C29H26F2N6O5S. The van der Waals surface area contributed by atoms with Crippen LogP contribution in [0.5, 0.6) is 0 Å². The third kappa shape index (κ3) is 4.79. The molecule has 43 heavy (non-hydrogen) atoms. The number of fused-ring (bicyclic) bond motifs is 2. The Morgan fingerprint density at radius 1 is 1.19 bits per heavy atom. The van der Waals surface area contributed by atoms with Gasteiger partial charge in [-0.15, -0.1) is 11.3 Å². The van der Waals surface area contributed by atoms with Crippen molar-refractivity contribution >= 4 is 55.4 Å². The number of ether oxygens (including phenoxy) is 1. The van der Waals surface area contributed by atoms with E-state index in [2.05, 4.69) is 10.4 Å². The van der Waals surface area contributed by atoms with E-state index in [1.54, 1.807) is 30.4 Å². The fourth-order valence-corrected chi connectivity index (χ4v) is 6.86. The number of anilines is 1. The highest BCUT2D eigenvalue weighted by atomic mass is 32.1. The summed E-state index contributed by atoms with van der Waals surface area (Å²) < 4.78 is 38.2. The molecule has 4 aromatic rings. The van der Waals surface area contributed by atoms with Gasteiger partial charge in [0.25, 0.3) is 5.91 Å². The Kier molecular flexibility index (Phi) is 6.72. The number of hydrogen-bond donors (Lipinski definition) is 2. The molecule has 2 aromatic heterocycles. The number of aryl methyl sites for hydroxylation is 1. The van der Waals surface area contributed by atoms with Crippen molar-refractivity contribution < 1.29 is 33.0 Å². The Balaban J connectivity index is 1.50. The minimum atomic E-state index is -1.06. The number of amides is 3. The lowest BCUT2D eigenvalue weighted by atomic mass is 9.93. The number of carbonyl (C=O) groups is 3. The number of carbonyl (C=O) groups excluding carboxylic acids is 2. The molecule has 11 nitrogen and oxygen atoms in total. The normalized spacial score (nSPS) is 16.9. The lowest BCUT2D eigenvalue weighted by Crippen LogP contribution is -2.57. The molecule has 2 aliphatic heterocycles. The Bertz CT molecular complexity index is 1890. The minimum Gasteiger partial charge on any atom is -0.465 e. The van der Waals surface area contributed by atoms with Gasteiger partial charge >= 0.3 is 12.2 Å². The molecule has 2 aromatic carbocycles. The third-order valence-electron chi connectivity index (χ3n) is 7.58. The lowest BCUT2D eigenvalue weighted by Gasteiger charge is -2.41. The molecule has 222 valence electrons. The quantitative estimate of drug-likeness (QED) is 0.301. The second-order valence-electron chi connectivity index (χ2n) is 11.4. The van der Waals surface area contributed by atoms with E-state index in [1.807, 2.05) is 6.07 Å². The molecule has 2 aliphatic rings. The van der Waals surface area contributed by atoms with Crippen molar-refractivity contribution in [3.63, 3.8) is 0 Å². The van der Waals surface area contributed by atoms with Crippen molar-refractivity contribution in [2.75, 3.05) is 25.0 Å². The van der Waals surface area contributed by atoms with Gasteiger partial charge in [0.05, 0.1) is 33.6 Å². The molecule has 2 N–H and O–H groups in total. The van der Waals surface area contributed by atoms with E-state index >= 15 is 8.78 Å². The first-order valence-electron chi connectivity index (χ1n) is 13.5. The summed E-state index contributed by atoms with van der Waals surface area (Å²) in [7, 11) is 0. The first kappa shape index (κ1) is 28.4. The first-order valence-corrected chi connectivity index (χ1v) is 14.3. The number of nitrogens with one attached hydrogen (secondary N) is 1. The third-order valence-corrected chi connectivity index (χ3v) is 8.69. The van der Waals surface area contributed by atoms with Crippen molar-refractivity contribution in [2.24, 2.45) is 0 Å². The van der Waals surface area contributed by atoms with Crippen LogP contribution in [0.25, 0.3) is 32.1 Å². The molecule has 1 fully saturated rings. The van der Waals surface area contributed by atoms with Gasteiger partial charge in [-0.25, -0.2) is 18.4 Å². The molecule has 3 amide bonds. The van der Waals surface area contributed by atoms with Gasteiger partial charge in [0.1, 0.15) is 28.3 Å². The number of benzene rings is 2. The van der Waals surface area contributed by atoms with Crippen LogP contribution >= 0.6 is 11.3 Å². The maximum Gasteiger partial charge on any atom is 0.412 e. The molecule has 6 rings (SSSR count). The number of halogens is 2. The maximum atomic E-state index is 16.2. The number of rotatable bonds is 2. The monoisotopic (exact) mass is 608 g/mol. The zero-order valence-corrected chi connectivity index (χ0v) is 24.2. The van der Waals surface area contributed by atoms with E-state index in [1.165, 1.54) is 17.2 Å². The molecular weight excluding hydrogens is 582 g/mol. The van der Waals surface area contributed by atoms with E-state index < -0.39 is 41.4 Å². The Morgan fingerprint density at radius 2 is 1.95 bits per heavy atom. The van der Waals surface area contributed by atoms with Crippen LogP contribution in [0.4, 0.5) is 23.4 Å². The predicted molar refractivity (Wildman–Crippen MR) is 154 cm³/mol. The van der Waals surface area contributed by atoms with Gasteiger partial charge in [0, 0.05) is 42.5 Å². The van der Waals surface area contributed by atoms with Gasteiger partial charge in [0.2, 0.25) is 0 Å². The van der Waals surface area contributed by atoms with Crippen molar-refractivity contribution in [3.8, 4) is 17.2 Å². The van der Waals surface area contributed by atoms with Gasteiger partial charge in [-0.05, 0) is 44.9 Å². The van der Waals surface area contributed by atoms with E-state index in [9.17, 15) is 24.8 Å². The lowest BCUT2D eigenvalue weighted by molar-refractivity contribution is 0.0417. The molecule has 14 heteroatoms. The number of hydrogen-bond acceptors (Lipinski definition) is 7. The second kappa shape index (κ2) is 10.2. The number of aromatic nitrogens is 2. The number of carboxylic acid groups (broad SMARTS) is 1. The van der Waals surface area contributed by atoms with Crippen LogP contribution in [0, 0.1) is 23.0 Å². The summed E-state index contributed by atoms with van der Waals surface area (Å²) in [6.07, 6.45) is -0.0207. The highest BCUT2D eigenvalue weighted by molar-refractivity contribution is 7.23. The zero-order valence-electron chi connectivity index (χ0n) is 23.4. The van der Waals surface area contributed by atoms with Gasteiger partial charge in [-0.3, -0.25) is 14.8 Å². The maximum absolute atomic E-state index is 16.2. The Labute approximate surface area is 247 Å². The zero-order chi connectivity index (χ0) is 30.8. The Hall–Kier alpha value is -4.77. The molecule has 4 heterocycles. The minimum absolute atomic E-state index is 0.0359. The van der Waals surface area contributed by atoms with Crippen molar-refractivity contribution in [3.05, 3.63) is 47.2 Å². The van der Waals surface area contributed by atoms with Gasteiger partial charge in [-0.1, -0.05) is 6.07 Å². The predicted octanol–water partition coefficient (Wildman–Crippen LogP) is 5.62. The fraction of sp³-hybridized carbons (Fsp3) is 0.345. The summed E-state index contributed by atoms with van der Waals surface area (Å²) in [5.41, 5.74) is -0.163. The summed E-state index contributed by atoms with van der Waals surface area (Å²) in [5, 5.41) is 27.0. The molecule has 0 aliphatic carbocycles. The highest BCUT2D eigenvalue weighted by Crippen LogP contribution is 2.45. The summed E-state index contributed by atoms with van der Waals surface area (Å²) in [6.45, 7) is 5.83. The number of piperazine rings is 1. The summed E-state index contributed by atoms with van der Waals surface area (Å²) in [6, 6.07) is 5.28. The summed E-state index contributed by atoms with van der Waals surface area (Å²) in [5.74, 6) is -1.87. The van der Waals surface area contributed by atoms with Gasteiger partial charge in [-0.2, -0.15) is 10.4 Å². The van der Waals surface area contributed by atoms with Crippen LogP contribution < -0.4 is 5.32 Å². The molecule has 1 atom stereocenters. The number of nitriles is 1. The van der Waals surface area contributed by atoms with Crippen LogP contribution in [0.15, 0.2) is 24.4 Å². The van der Waals surface area contributed by atoms with E-state index in [-0.39, 0.29) is 57.0 Å². The Morgan fingerprint density at radius 3 is 2.65 bits per heavy atom. The van der Waals surface area contributed by atoms with Crippen LogP contribution in [0.1, 0.15) is 43.1 Å². The van der Waals surface area contributed by atoms with Gasteiger partial charge < -0.3 is 19.6 Å². The number of thiophene rings is 1. The summed E-state index contributed by atoms with van der Waals surface area (Å²) in [4.78, 5) is 40.6. The van der Waals surface area contributed by atoms with Crippen molar-refractivity contribution in [1.29, 1.82) is 5.26 Å². The van der Waals surface area contributed by atoms with Gasteiger partial charge in [0.15, 0.2) is 0 Å². The van der Waals surface area contributed by atoms with E-state index in [4.69, 9.17) is 4.74 Å². The molecule has 1 unspecified atom stereocenters.